The van der Waals surface area contributed by atoms with Crippen molar-refractivity contribution in [2.24, 2.45) is 0 Å². The van der Waals surface area contributed by atoms with Crippen molar-refractivity contribution in [2.45, 2.75) is 37.4 Å². The van der Waals surface area contributed by atoms with Crippen molar-refractivity contribution in [3.05, 3.63) is 45.0 Å². The fourth-order valence-corrected chi connectivity index (χ4v) is 4.58. The van der Waals surface area contributed by atoms with Gasteiger partial charge in [0, 0.05) is 11.1 Å². The van der Waals surface area contributed by atoms with E-state index in [0.717, 1.165) is 6.92 Å². The van der Waals surface area contributed by atoms with Crippen LogP contribution >= 0.6 is 0 Å². The number of carbonyl (C=O) groups is 3. The molecule has 1 aliphatic carbocycles. The lowest BCUT2D eigenvalue weighted by Gasteiger charge is -2.40. The average Bonchev–Trinajstić information content (AvgIpc) is 2.79. The van der Waals surface area contributed by atoms with Gasteiger partial charge in [-0.3, -0.25) is 9.59 Å². The Hall–Kier alpha value is -3.75. The first kappa shape index (κ1) is 24.4. The number of aromatic carboxylic acids is 1. The minimum absolute atomic E-state index is 0.298. The summed E-state index contributed by atoms with van der Waals surface area (Å²) in [5, 5.41) is 91.5. The molecule has 13 heteroatoms. The third-order valence-electron chi connectivity index (χ3n) is 6.33. The van der Waals surface area contributed by atoms with Crippen molar-refractivity contribution in [1.29, 1.82) is 0 Å². The molecular formula is C22H20O13. The second kappa shape index (κ2) is 8.18. The van der Waals surface area contributed by atoms with E-state index in [2.05, 4.69) is 0 Å². The van der Waals surface area contributed by atoms with Crippen LogP contribution in [0, 0.1) is 6.92 Å². The zero-order valence-corrected chi connectivity index (χ0v) is 17.8. The van der Waals surface area contributed by atoms with E-state index >= 15 is 0 Å². The molecule has 5 atom stereocenters. The number of benzene rings is 2. The number of aliphatic hydroxyl groups is 4. The van der Waals surface area contributed by atoms with Crippen LogP contribution in [-0.2, 0) is 4.74 Å². The molecule has 1 heterocycles. The first-order valence-electron chi connectivity index (χ1n) is 10.2. The number of carboxylic acids is 1. The Kier molecular flexibility index (Phi) is 5.70. The van der Waals surface area contributed by atoms with Gasteiger partial charge in [0.1, 0.15) is 47.6 Å². The number of ether oxygens (including phenoxy) is 1. The van der Waals surface area contributed by atoms with E-state index in [-0.39, 0.29) is 5.56 Å². The number of phenolic OH excluding ortho intramolecular Hbond substituents is 3. The highest BCUT2D eigenvalue weighted by molar-refractivity contribution is 6.31. The maximum absolute atomic E-state index is 13.3. The summed E-state index contributed by atoms with van der Waals surface area (Å²) in [4.78, 5) is 38.0. The Morgan fingerprint density at radius 3 is 2.06 bits per heavy atom. The molecule has 0 radical (unpaired) electrons. The van der Waals surface area contributed by atoms with E-state index in [4.69, 9.17) is 4.74 Å². The summed E-state index contributed by atoms with van der Waals surface area (Å²) in [7, 11) is 0. The van der Waals surface area contributed by atoms with E-state index in [1.165, 1.54) is 0 Å². The summed E-state index contributed by atoms with van der Waals surface area (Å²) in [6.45, 7) is 0.298. The zero-order valence-electron chi connectivity index (χ0n) is 17.8. The third kappa shape index (κ3) is 3.25. The lowest BCUT2D eigenvalue weighted by atomic mass is 9.77. The lowest BCUT2D eigenvalue weighted by Crippen LogP contribution is -2.55. The third-order valence-corrected chi connectivity index (χ3v) is 6.33. The van der Waals surface area contributed by atoms with E-state index in [0.29, 0.717) is 6.07 Å². The Morgan fingerprint density at radius 1 is 0.886 bits per heavy atom. The van der Waals surface area contributed by atoms with Crippen LogP contribution in [-0.4, -0.2) is 94.5 Å². The molecule has 9 N–H and O–H groups in total. The predicted octanol–water partition coefficient (Wildman–Crippen LogP) is -1.19. The van der Waals surface area contributed by atoms with Crippen LogP contribution in [0.4, 0.5) is 0 Å². The molecule has 4 rings (SSSR count). The van der Waals surface area contributed by atoms with E-state index in [1.807, 2.05) is 0 Å². The van der Waals surface area contributed by atoms with Crippen molar-refractivity contribution >= 4 is 17.5 Å². The van der Waals surface area contributed by atoms with Gasteiger partial charge in [0.2, 0.25) is 0 Å². The number of aromatic hydroxyl groups is 4. The van der Waals surface area contributed by atoms with Crippen LogP contribution in [0.25, 0.3) is 0 Å². The highest BCUT2D eigenvalue weighted by Crippen LogP contribution is 2.52. The summed E-state index contributed by atoms with van der Waals surface area (Å²) in [5.41, 5.74) is -4.46. The lowest BCUT2D eigenvalue weighted by molar-refractivity contribution is -0.232. The van der Waals surface area contributed by atoms with Gasteiger partial charge in [0.25, 0.3) is 0 Å². The van der Waals surface area contributed by atoms with Crippen molar-refractivity contribution < 1.29 is 65.1 Å². The predicted molar refractivity (Wildman–Crippen MR) is 111 cm³/mol. The Bertz CT molecular complexity index is 1300. The van der Waals surface area contributed by atoms with Gasteiger partial charge < -0.3 is 50.7 Å². The van der Waals surface area contributed by atoms with Gasteiger partial charge in [-0.1, -0.05) is 0 Å². The molecule has 0 bridgehead atoms. The molecule has 1 fully saturated rings. The van der Waals surface area contributed by atoms with E-state index in [1.54, 1.807) is 0 Å². The van der Waals surface area contributed by atoms with E-state index in [9.17, 15) is 60.3 Å². The van der Waals surface area contributed by atoms with Crippen LogP contribution in [0.2, 0.25) is 0 Å². The van der Waals surface area contributed by atoms with Gasteiger partial charge >= 0.3 is 5.97 Å². The fourth-order valence-electron chi connectivity index (χ4n) is 4.58. The summed E-state index contributed by atoms with van der Waals surface area (Å²) < 4.78 is 5.29. The van der Waals surface area contributed by atoms with Gasteiger partial charge in [0.15, 0.2) is 23.1 Å². The van der Waals surface area contributed by atoms with Gasteiger partial charge in [-0.2, -0.15) is 0 Å². The highest BCUT2D eigenvalue weighted by atomic mass is 16.5. The Balaban J connectivity index is 1.98. The SMILES string of the molecule is Cc1c(C(=O)O)c(O)cc2c1C(=O)c1c(O)c(O)c(C3OC(CO)C(O)C(O)C3O)c(O)c1C2=O. The molecule has 0 saturated carbocycles. The molecular weight excluding hydrogens is 472 g/mol. The minimum atomic E-state index is -2.02. The maximum Gasteiger partial charge on any atom is 0.339 e. The average molecular weight is 492 g/mol. The zero-order chi connectivity index (χ0) is 26.1. The van der Waals surface area contributed by atoms with Crippen LogP contribution in [0.1, 0.15) is 59.4 Å². The van der Waals surface area contributed by atoms with Gasteiger partial charge in [-0.05, 0) is 18.6 Å². The summed E-state index contributed by atoms with van der Waals surface area (Å²) >= 11 is 0. The summed E-state index contributed by atoms with van der Waals surface area (Å²) in [6.07, 6.45) is -9.09. The molecule has 186 valence electrons. The molecule has 1 saturated heterocycles. The smallest absolute Gasteiger partial charge is 0.339 e. The molecule has 0 spiro atoms. The Labute approximate surface area is 195 Å². The normalized spacial score (nSPS) is 25.8. The summed E-state index contributed by atoms with van der Waals surface area (Å²) in [5.74, 6) is -8.25. The van der Waals surface area contributed by atoms with Gasteiger partial charge in [-0.15, -0.1) is 0 Å². The van der Waals surface area contributed by atoms with Crippen molar-refractivity contribution in [3.8, 4) is 23.0 Å². The summed E-state index contributed by atoms with van der Waals surface area (Å²) in [6, 6.07) is 0.714. The minimum Gasteiger partial charge on any atom is -0.507 e. The maximum atomic E-state index is 13.3. The van der Waals surface area contributed by atoms with Crippen LogP contribution in [0.5, 0.6) is 23.0 Å². The monoisotopic (exact) mass is 492 g/mol. The number of hydrogen-bond donors (Lipinski definition) is 9. The van der Waals surface area contributed by atoms with Crippen molar-refractivity contribution in [1.82, 2.24) is 0 Å². The van der Waals surface area contributed by atoms with Gasteiger partial charge in [-0.25, -0.2) is 4.79 Å². The first-order valence-corrected chi connectivity index (χ1v) is 10.2. The Morgan fingerprint density at radius 2 is 1.49 bits per heavy atom. The largest absolute Gasteiger partial charge is 0.507 e. The molecule has 2 aromatic rings. The standard InChI is InChI=1S/C22H20O13/c1-4-8-5(2-6(24)9(4)22(33)34)13(25)10-11(15(8)27)17(29)18(30)12(16(10)28)21-20(32)19(31)14(26)7(3-23)35-21/h2,7,14,19-21,23-24,26,28-32H,3H2,1H3,(H,33,34). The molecule has 5 unspecified atom stereocenters. The number of aliphatic hydroxyl groups excluding tert-OH is 4. The van der Waals surface area contributed by atoms with Crippen LogP contribution < -0.4 is 0 Å². The molecule has 0 amide bonds. The second-order valence-corrected chi connectivity index (χ2v) is 8.24. The molecule has 1 aliphatic heterocycles. The first-order chi connectivity index (χ1) is 16.3. The van der Waals surface area contributed by atoms with Crippen molar-refractivity contribution in [2.75, 3.05) is 6.61 Å². The number of carboxylic acid groups (broad SMARTS) is 1. The van der Waals surface area contributed by atoms with Crippen molar-refractivity contribution in [3.63, 3.8) is 0 Å². The molecule has 2 aromatic carbocycles. The molecule has 2 aliphatic rings. The number of ketones is 2. The molecule has 35 heavy (non-hydrogen) atoms. The van der Waals surface area contributed by atoms with E-state index < -0.39 is 111 Å². The van der Waals surface area contributed by atoms with Crippen LogP contribution in [0.15, 0.2) is 6.07 Å². The molecule has 0 aromatic heterocycles. The number of rotatable bonds is 3. The van der Waals surface area contributed by atoms with Crippen LogP contribution in [0.3, 0.4) is 0 Å². The second-order valence-electron chi connectivity index (χ2n) is 8.24. The number of phenols is 4. The number of hydrogen-bond acceptors (Lipinski definition) is 12. The topological polar surface area (TPSA) is 243 Å². The quantitative estimate of drug-likeness (QED) is 0.154. The number of fused-ring (bicyclic) bond motifs is 2. The van der Waals surface area contributed by atoms with Gasteiger partial charge in [0.05, 0.1) is 23.3 Å². The highest BCUT2D eigenvalue weighted by Gasteiger charge is 2.48. The number of carbonyl (C=O) groups excluding carboxylic acids is 2. The molecule has 13 nitrogen and oxygen atoms in total. The fraction of sp³-hybridized carbons (Fsp3) is 0.318.